The van der Waals surface area contributed by atoms with Crippen LogP contribution in [0.2, 0.25) is 0 Å². The van der Waals surface area contributed by atoms with Crippen molar-refractivity contribution in [1.82, 2.24) is 9.88 Å². The number of rotatable bonds is 3. The average Bonchev–Trinajstić information content (AvgIpc) is 2.84. The van der Waals surface area contributed by atoms with Crippen LogP contribution in [0.15, 0.2) is 30.3 Å². The van der Waals surface area contributed by atoms with E-state index in [1.807, 2.05) is 26.0 Å². The Morgan fingerprint density at radius 1 is 1.12 bits per heavy atom. The van der Waals surface area contributed by atoms with Crippen LogP contribution < -0.4 is 5.32 Å². The van der Waals surface area contributed by atoms with Crippen LogP contribution in [0.4, 0.5) is 0 Å². The zero-order chi connectivity index (χ0) is 17.3. The molecule has 3 rings (SSSR count). The number of amides is 1. The van der Waals surface area contributed by atoms with Crippen LogP contribution in [0.3, 0.4) is 0 Å². The van der Waals surface area contributed by atoms with E-state index in [4.69, 9.17) is 0 Å². The standard InChI is InChI=1S/C20H26N2O2/c1-13-5-4-6-17(11-13)22-14(2)12-19(15(22)3)20(24)21-16-7-9-18(23)10-8-16/h4-6,11-12,16,18,23H,7-10H2,1-3H3,(H,21,24). The maximum atomic E-state index is 12.7. The van der Waals surface area contributed by atoms with Crippen molar-refractivity contribution >= 4 is 5.91 Å². The summed E-state index contributed by atoms with van der Waals surface area (Å²) in [6, 6.07) is 10.4. The van der Waals surface area contributed by atoms with Gasteiger partial charge in [-0.3, -0.25) is 4.79 Å². The summed E-state index contributed by atoms with van der Waals surface area (Å²) >= 11 is 0. The second-order valence-corrected chi connectivity index (χ2v) is 6.94. The number of nitrogens with zero attached hydrogens (tertiary/aromatic N) is 1. The first-order chi connectivity index (χ1) is 11.5. The van der Waals surface area contributed by atoms with Gasteiger partial charge in [-0.15, -0.1) is 0 Å². The highest BCUT2D eigenvalue weighted by Gasteiger charge is 2.23. The number of nitrogens with one attached hydrogen (secondary N) is 1. The van der Waals surface area contributed by atoms with E-state index < -0.39 is 0 Å². The summed E-state index contributed by atoms with van der Waals surface area (Å²) in [5.41, 5.74) is 5.05. The Hall–Kier alpha value is -2.07. The highest BCUT2D eigenvalue weighted by molar-refractivity contribution is 5.96. The molecule has 1 fully saturated rings. The van der Waals surface area contributed by atoms with Gasteiger partial charge < -0.3 is 15.0 Å². The lowest BCUT2D eigenvalue weighted by Crippen LogP contribution is -2.38. The van der Waals surface area contributed by atoms with Crippen LogP contribution >= 0.6 is 0 Å². The molecule has 1 aliphatic carbocycles. The van der Waals surface area contributed by atoms with Crippen molar-refractivity contribution in [2.45, 2.75) is 58.6 Å². The van der Waals surface area contributed by atoms with Gasteiger partial charge in [0.05, 0.1) is 11.7 Å². The van der Waals surface area contributed by atoms with Gasteiger partial charge in [0, 0.05) is 23.1 Å². The molecule has 2 aromatic rings. The molecule has 1 aromatic heterocycles. The predicted molar refractivity (Wildman–Crippen MR) is 95.7 cm³/mol. The van der Waals surface area contributed by atoms with Crippen LogP contribution in [0.5, 0.6) is 0 Å². The van der Waals surface area contributed by atoms with Gasteiger partial charge in [0.1, 0.15) is 0 Å². The maximum Gasteiger partial charge on any atom is 0.253 e. The normalized spacial score (nSPS) is 20.8. The molecule has 128 valence electrons. The van der Waals surface area contributed by atoms with E-state index in [0.29, 0.717) is 0 Å². The second-order valence-electron chi connectivity index (χ2n) is 6.94. The Labute approximate surface area is 143 Å². The van der Waals surface area contributed by atoms with E-state index in [2.05, 4.69) is 35.0 Å². The molecule has 1 saturated carbocycles. The van der Waals surface area contributed by atoms with Gasteiger partial charge in [0.2, 0.25) is 0 Å². The van der Waals surface area contributed by atoms with E-state index in [1.54, 1.807) is 0 Å². The zero-order valence-corrected chi connectivity index (χ0v) is 14.7. The number of aromatic nitrogens is 1. The van der Waals surface area contributed by atoms with Crippen molar-refractivity contribution in [3.05, 3.63) is 52.8 Å². The number of benzene rings is 1. The smallest absolute Gasteiger partial charge is 0.253 e. The van der Waals surface area contributed by atoms with E-state index in [-0.39, 0.29) is 18.1 Å². The van der Waals surface area contributed by atoms with Crippen LogP contribution in [-0.4, -0.2) is 27.7 Å². The van der Waals surface area contributed by atoms with Crippen molar-refractivity contribution < 1.29 is 9.90 Å². The fourth-order valence-corrected chi connectivity index (χ4v) is 3.64. The maximum absolute atomic E-state index is 12.7. The molecule has 1 heterocycles. The Bertz CT molecular complexity index is 740. The summed E-state index contributed by atoms with van der Waals surface area (Å²) in [6.07, 6.45) is 3.04. The third kappa shape index (κ3) is 3.39. The number of carbonyl (C=O) groups is 1. The highest BCUT2D eigenvalue weighted by atomic mass is 16.3. The van der Waals surface area contributed by atoms with Crippen molar-refractivity contribution in [3.63, 3.8) is 0 Å². The van der Waals surface area contributed by atoms with E-state index >= 15 is 0 Å². The third-order valence-corrected chi connectivity index (χ3v) is 4.97. The molecule has 4 nitrogen and oxygen atoms in total. The molecule has 0 aliphatic heterocycles. The summed E-state index contributed by atoms with van der Waals surface area (Å²) in [5.74, 6) is -0.0107. The SMILES string of the molecule is Cc1cccc(-n2c(C)cc(C(=O)NC3CCC(O)CC3)c2C)c1. The van der Waals surface area contributed by atoms with Crippen LogP contribution in [0, 0.1) is 20.8 Å². The van der Waals surface area contributed by atoms with E-state index in [0.717, 1.165) is 48.3 Å². The molecule has 0 radical (unpaired) electrons. The molecule has 24 heavy (non-hydrogen) atoms. The third-order valence-electron chi connectivity index (χ3n) is 4.97. The monoisotopic (exact) mass is 326 g/mol. The molecule has 0 bridgehead atoms. The number of aliphatic hydroxyl groups is 1. The zero-order valence-electron chi connectivity index (χ0n) is 14.7. The lowest BCUT2D eigenvalue weighted by Gasteiger charge is -2.26. The summed E-state index contributed by atoms with van der Waals surface area (Å²) < 4.78 is 2.13. The number of aliphatic hydroxyl groups excluding tert-OH is 1. The Balaban J connectivity index is 1.82. The Kier molecular flexibility index (Phi) is 4.76. The summed E-state index contributed by atoms with van der Waals surface area (Å²) in [4.78, 5) is 12.7. The Morgan fingerprint density at radius 3 is 2.50 bits per heavy atom. The molecular weight excluding hydrogens is 300 g/mol. The van der Waals surface area contributed by atoms with Crippen molar-refractivity contribution in [2.24, 2.45) is 0 Å². The first-order valence-corrected chi connectivity index (χ1v) is 8.70. The van der Waals surface area contributed by atoms with Crippen LogP contribution in [0.25, 0.3) is 5.69 Å². The summed E-state index contributed by atoms with van der Waals surface area (Å²) in [7, 11) is 0. The molecule has 0 spiro atoms. The first-order valence-electron chi connectivity index (χ1n) is 8.70. The molecule has 4 heteroatoms. The minimum absolute atomic E-state index is 0.0107. The fourth-order valence-electron chi connectivity index (χ4n) is 3.64. The van der Waals surface area contributed by atoms with Gasteiger partial charge >= 0.3 is 0 Å². The molecule has 0 unspecified atom stereocenters. The predicted octanol–water partition coefficient (Wildman–Crippen LogP) is 3.44. The van der Waals surface area contributed by atoms with Crippen LogP contribution in [-0.2, 0) is 0 Å². The van der Waals surface area contributed by atoms with Crippen molar-refractivity contribution in [2.75, 3.05) is 0 Å². The molecule has 2 N–H and O–H groups in total. The number of aryl methyl sites for hydroxylation is 2. The van der Waals surface area contributed by atoms with Gasteiger partial charge in [-0.2, -0.15) is 0 Å². The first kappa shape index (κ1) is 16.8. The number of carbonyl (C=O) groups excluding carboxylic acids is 1. The number of hydrogen-bond acceptors (Lipinski definition) is 2. The minimum Gasteiger partial charge on any atom is -0.393 e. The molecular formula is C20H26N2O2. The van der Waals surface area contributed by atoms with Gasteiger partial charge in [0.15, 0.2) is 0 Å². The topological polar surface area (TPSA) is 54.3 Å². The summed E-state index contributed by atoms with van der Waals surface area (Å²) in [5, 5.41) is 12.7. The van der Waals surface area contributed by atoms with Crippen molar-refractivity contribution in [3.8, 4) is 5.69 Å². The van der Waals surface area contributed by atoms with E-state index in [1.165, 1.54) is 5.56 Å². The van der Waals surface area contributed by atoms with Gasteiger partial charge in [-0.25, -0.2) is 0 Å². The lowest BCUT2D eigenvalue weighted by molar-refractivity contribution is 0.0867. The van der Waals surface area contributed by atoms with Crippen LogP contribution in [0.1, 0.15) is 53.0 Å². The largest absolute Gasteiger partial charge is 0.393 e. The summed E-state index contributed by atoms with van der Waals surface area (Å²) in [6.45, 7) is 6.10. The Morgan fingerprint density at radius 2 is 1.83 bits per heavy atom. The van der Waals surface area contributed by atoms with Gasteiger partial charge in [-0.05, 0) is 70.2 Å². The second kappa shape index (κ2) is 6.81. The lowest BCUT2D eigenvalue weighted by atomic mass is 9.93. The molecule has 0 saturated heterocycles. The molecule has 1 aliphatic rings. The van der Waals surface area contributed by atoms with Crippen molar-refractivity contribution in [1.29, 1.82) is 0 Å². The van der Waals surface area contributed by atoms with Gasteiger partial charge in [0.25, 0.3) is 5.91 Å². The average molecular weight is 326 g/mol. The molecule has 1 amide bonds. The molecule has 0 atom stereocenters. The highest BCUT2D eigenvalue weighted by Crippen LogP contribution is 2.23. The minimum atomic E-state index is -0.204. The number of hydrogen-bond donors (Lipinski definition) is 2. The van der Waals surface area contributed by atoms with Gasteiger partial charge in [-0.1, -0.05) is 12.1 Å². The molecule has 1 aromatic carbocycles. The fraction of sp³-hybridized carbons (Fsp3) is 0.450. The van der Waals surface area contributed by atoms with E-state index in [9.17, 15) is 9.90 Å². The quantitative estimate of drug-likeness (QED) is 0.908.